The highest BCUT2D eigenvalue weighted by Gasteiger charge is 2.17. The molecule has 1 N–H and O–H groups in total. The zero-order chi connectivity index (χ0) is 19.9. The zero-order valence-corrected chi connectivity index (χ0v) is 16.2. The molecular formula is C20H19N5O2S. The standard InChI is InChI=1S/C20H19N5O2S/c1-3-11-25-19(17-9-12-27-14(17)2)23-24-20(25)28-13-18(26)22-16-6-4-15(5-7-16)8-10-21/h3-7,9,12H,1,8,11,13H2,2H3,(H,22,26). The third kappa shape index (κ3) is 4.50. The van der Waals surface area contributed by atoms with Crippen LogP contribution in [0.3, 0.4) is 0 Å². The number of furan rings is 1. The van der Waals surface area contributed by atoms with Gasteiger partial charge in [-0.25, -0.2) is 0 Å². The van der Waals surface area contributed by atoms with Crippen molar-refractivity contribution >= 4 is 23.4 Å². The summed E-state index contributed by atoms with van der Waals surface area (Å²) in [6, 6.07) is 11.2. The van der Waals surface area contributed by atoms with Crippen LogP contribution in [-0.2, 0) is 17.8 Å². The van der Waals surface area contributed by atoms with Gasteiger partial charge in [-0.05, 0) is 30.7 Å². The number of benzene rings is 1. The van der Waals surface area contributed by atoms with Gasteiger partial charge in [0.2, 0.25) is 5.91 Å². The molecule has 0 atom stereocenters. The maximum absolute atomic E-state index is 12.3. The Morgan fingerprint density at radius 1 is 1.36 bits per heavy atom. The first-order valence-electron chi connectivity index (χ1n) is 8.59. The predicted octanol–water partition coefficient (Wildman–Crippen LogP) is 3.83. The molecule has 0 radical (unpaired) electrons. The molecule has 0 aliphatic rings. The molecule has 1 amide bonds. The quantitative estimate of drug-likeness (QED) is 0.461. The number of nitrogens with zero attached hydrogens (tertiary/aromatic N) is 4. The van der Waals surface area contributed by atoms with Gasteiger partial charge in [0.05, 0.1) is 30.1 Å². The van der Waals surface area contributed by atoms with E-state index in [9.17, 15) is 4.79 Å². The third-order valence-electron chi connectivity index (χ3n) is 3.98. The van der Waals surface area contributed by atoms with Gasteiger partial charge in [-0.3, -0.25) is 9.36 Å². The van der Waals surface area contributed by atoms with E-state index in [-0.39, 0.29) is 11.7 Å². The van der Waals surface area contributed by atoms with Crippen LogP contribution in [0.1, 0.15) is 11.3 Å². The third-order valence-corrected chi connectivity index (χ3v) is 4.95. The van der Waals surface area contributed by atoms with Crippen LogP contribution >= 0.6 is 11.8 Å². The van der Waals surface area contributed by atoms with Crippen molar-refractivity contribution in [3.05, 3.63) is 60.6 Å². The number of carbonyl (C=O) groups excluding carboxylic acids is 1. The van der Waals surface area contributed by atoms with E-state index in [1.807, 2.05) is 29.7 Å². The van der Waals surface area contributed by atoms with E-state index in [1.165, 1.54) is 11.8 Å². The first kappa shape index (κ1) is 19.5. The number of hydrogen-bond donors (Lipinski definition) is 1. The Labute approximate surface area is 167 Å². The zero-order valence-electron chi connectivity index (χ0n) is 15.4. The SMILES string of the molecule is C=CCn1c(SCC(=O)Nc2ccc(CC#N)cc2)nnc1-c1ccoc1C. The molecule has 0 aliphatic carbocycles. The Morgan fingerprint density at radius 3 is 2.79 bits per heavy atom. The Hall–Kier alpha value is -3.31. The summed E-state index contributed by atoms with van der Waals surface area (Å²) in [4.78, 5) is 12.3. The summed E-state index contributed by atoms with van der Waals surface area (Å²) in [6.07, 6.45) is 3.72. The molecule has 0 fully saturated rings. The Kier molecular flexibility index (Phi) is 6.29. The van der Waals surface area contributed by atoms with Crippen LogP contribution < -0.4 is 5.32 Å². The van der Waals surface area contributed by atoms with Gasteiger partial charge in [0.15, 0.2) is 11.0 Å². The number of hydrogen-bond acceptors (Lipinski definition) is 6. The highest BCUT2D eigenvalue weighted by Crippen LogP contribution is 2.27. The summed E-state index contributed by atoms with van der Waals surface area (Å²) in [5, 5.41) is 20.7. The summed E-state index contributed by atoms with van der Waals surface area (Å²) in [6.45, 7) is 6.17. The largest absolute Gasteiger partial charge is 0.469 e. The molecule has 2 heterocycles. The van der Waals surface area contributed by atoms with Crippen molar-refractivity contribution in [2.75, 3.05) is 11.1 Å². The Bertz CT molecular complexity index is 1010. The van der Waals surface area contributed by atoms with Gasteiger partial charge in [-0.2, -0.15) is 5.26 Å². The normalized spacial score (nSPS) is 10.4. The van der Waals surface area contributed by atoms with Crippen molar-refractivity contribution in [3.63, 3.8) is 0 Å². The van der Waals surface area contributed by atoms with Gasteiger partial charge >= 0.3 is 0 Å². The second kappa shape index (κ2) is 9.06. The number of aromatic nitrogens is 3. The highest BCUT2D eigenvalue weighted by molar-refractivity contribution is 7.99. The molecule has 2 aromatic heterocycles. The van der Waals surface area contributed by atoms with Crippen LogP contribution in [0.15, 0.2) is 58.8 Å². The minimum atomic E-state index is -0.146. The lowest BCUT2D eigenvalue weighted by atomic mass is 10.1. The van der Waals surface area contributed by atoms with Crippen LogP contribution in [0.4, 0.5) is 5.69 Å². The van der Waals surface area contributed by atoms with Crippen LogP contribution in [0.2, 0.25) is 0 Å². The van der Waals surface area contributed by atoms with E-state index in [2.05, 4.69) is 28.2 Å². The van der Waals surface area contributed by atoms with Gasteiger partial charge in [-0.1, -0.05) is 30.0 Å². The lowest BCUT2D eigenvalue weighted by Crippen LogP contribution is -2.14. The van der Waals surface area contributed by atoms with Crippen molar-refractivity contribution in [1.29, 1.82) is 5.26 Å². The number of aryl methyl sites for hydroxylation is 1. The Balaban J connectivity index is 1.66. The minimum Gasteiger partial charge on any atom is -0.469 e. The number of anilines is 1. The molecule has 3 aromatic rings. The van der Waals surface area contributed by atoms with E-state index in [4.69, 9.17) is 9.68 Å². The summed E-state index contributed by atoms with van der Waals surface area (Å²) in [5.74, 6) is 1.49. The average molecular weight is 393 g/mol. The van der Waals surface area contributed by atoms with E-state index in [1.54, 1.807) is 24.5 Å². The second-order valence-electron chi connectivity index (χ2n) is 5.96. The topological polar surface area (TPSA) is 96.7 Å². The fraction of sp³-hybridized carbons (Fsp3) is 0.200. The number of thioether (sulfide) groups is 1. The van der Waals surface area contributed by atoms with Crippen molar-refractivity contribution in [1.82, 2.24) is 14.8 Å². The fourth-order valence-corrected chi connectivity index (χ4v) is 3.38. The van der Waals surface area contributed by atoms with Crippen LogP contribution in [-0.4, -0.2) is 26.4 Å². The lowest BCUT2D eigenvalue weighted by molar-refractivity contribution is -0.113. The molecular weight excluding hydrogens is 374 g/mol. The van der Waals surface area contributed by atoms with Gasteiger partial charge < -0.3 is 9.73 Å². The maximum atomic E-state index is 12.3. The number of nitriles is 1. The molecule has 3 rings (SSSR count). The lowest BCUT2D eigenvalue weighted by Gasteiger charge is -2.08. The number of amides is 1. The maximum Gasteiger partial charge on any atom is 0.234 e. The number of allylic oxidation sites excluding steroid dienone is 1. The molecule has 142 valence electrons. The first-order valence-corrected chi connectivity index (χ1v) is 9.58. The smallest absolute Gasteiger partial charge is 0.234 e. The molecule has 0 saturated heterocycles. The van der Waals surface area contributed by atoms with E-state index in [0.717, 1.165) is 16.9 Å². The van der Waals surface area contributed by atoms with Gasteiger partial charge in [-0.15, -0.1) is 16.8 Å². The molecule has 0 saturated carbocycles. The molecule has 0 bridgehead atoms. The van der Waals surface area contributed by atoms with Gasteiger partial charge in [0.1, 0.15) is 5.76 Å². The number of nitrogens with one attached hydrogen (secondary N) is 1. The predicted molar refractivity (Wildman–Crippen MR) is 108 cm³/mol. The average Bonchev–Trinajstić information content (AvgIpc) is 3.28. The Morgan fingerprint density at radius 2 is 2.14 bits per heavy atom. The van der Waals surface area contributed by atoms with Gasteiger partial charge in [0.25, 0.3) is 0 Å². The summed E-state index contributed by atoms with van der Waals surface area (Å²) >= 11 is 1.31. The number of carbonyl (C=O) groups is 1. The summed E-state index contributed by atoms with van der Waals surface area (Å²) < 4.78 is 7.26. The summed E-state index contributed by atoms with van der Waals surface area (Å²) in [7, 11) is 0. The number of rotatable bonds is 8. The fourth-order valence-electron chi connectivity index (χ4n) is 2.63. The highest BCUT2D eigenvalue weighted by atomic mass is 32.2. The van der Waals surface area contributed by atoms with E-state index in [0.29, 0.717) is 29.6 Å². The van der Waals surface area contributed by atoms with Crippen molar-refractivity contribution in [2.45, 2.75) is 25.0 Å². The van der Waals surface area contributed by atoms with Crippen molar-refractivity contribution in [2.24, 2.45) is 0 Å². The molecule has 1 aromatic carbocycles. The van der Waals surface area contributed by atoms with Crippen LogP contribution in [0.25, 0.3) is 11.4 Å². The second-order valence-corrected chi connectivity index (χ2v) is 6.91. The van der Waals surface area contributed by atoms with Gasteiger partial charge in [0, 0.05) is 12.2 Å². The molecule has 0 spiro atoms. The molecule has 8 heteroatoms. The minimum absolute atomic E-state index is 0.146. The van der Waals surface area contributed by atoms with Crippen LogP contribution in [0, 0.1) is 18.3 Å². The molecule has 0 unspecified atom stereocenters. The molecule has 0 aliphatic heterocycles. The molecule has 28 heavy (non-hydrogen) atoms. The van der Waals surface area contributed by atoms with E-state index >= 15 is 0 Å². The van der Waals surface area contributed by atoms with E-state index < -0.39 is 0 Å². The van der Waals surface area contributed by atoms with Crippen molar-refractivity contribution < 1.29 is 9.21 Å². The monoisotopic (exact) mass is 393 g/mol. The first-order chi connectivity index (χ1) is 13.6. The van der Waals surface area contributed by atoms with Crippen molar-refractivity contribution in [3.8, 4) is 17.5 Å². The van der Waals surface area contributed by atoms with Crippen LogP contribution in [0.5, 0.6) is 0 Å². The molecule has 7 nitrogen and oxygen atoms in total. The summed E-state index contributed by atoms with van der Waals surface area (Å²) in [5.41, 5.74) is 2.46.